The van der Waals surface area contributed by atoms with E-state index in [0.29, 0.717) is 11.9 Å². The summed E-state index contributed by atoms with van der Waals surface area (Å²) in [5, 5.41) is 9.44. The lowest BCUT2D eigenvalue weighted by Crippen LogP contribution is -2.47. The molecule has 9 heteroatoms. The normalized spacial score (nSPS) is 18.3. The molecule has 2 aromatic rings. The molecule has 1 aromatic heterocycles. The number of carboxylic acids is 1. The summed E-state index contributed by atoms with van der Waals surface area (Å²) in [5.74, 6) is -0.672. The molecule has 0 radical (unpaired) electrons. The first kappa shape index (κ1) is 23.5. The number of benzene rings is 1. The molecule has 2 N–H and O–H groups in total. The molecule has 33 heavy (non-hydrogen) atoms. The number of aryl methyl sites for hydroxylation is 2. The van der Waals surface area contributed by atoms with Gasteiger partial charge in [-0.15, -0.1) is 0 Å². The Morgan fingerprint density at radius 2 is 1.73 bits per heavy atom. The van der Waals surface area contributed by atoms with Crippen LogP contribution >= 0.6 is 0 Å². The number of hydrogen-bond acceptors (Lipinski definition) is 6. The number of nitrogens with zero attached hydrogens (tertiary/aromatic N) is 3. The zero-order chi connectivity index (χ0) is 23.6. The quantitative estimate of drug-likeness (QED) is 0.661. The lowest BCUT2D eigenvalue weighted by molar-refractivity contribution is 0.0696. The van der Waals surface area contributed by atoms with Crippen molar-refractivity contribution in [2.45, 2.75) is 56.9 Å². The highest BCUT2D eigenvalue weighted by Gasteiger charge is 2.28. The van der Waals surface area contributed by atoms with E-state index in [-0.39, 0.29) is 16.1 Å². The van der Waals surface area contributed by atoms with Crippen LogP contribution in [-0.4, -0.2) is 61.6 Å². The van der Waals surface area contributed by atoms with Crippen molar-refractivity contribution in [3.05, 3.63) is 47.2 Å². The Hall–Kier alpha value is -2.65. The van der Waals surface area contributed by atoms with E-state index in [9.17, 15) is 18.3 Å². The van der Waals surface area contributed by atoms with Gasteiger partial charge in [0.1, 0.15) is 0 Å². The maximum Gasteiger partial charge on any atom is 0.337 e. The largest absolute Gasteiger partial charge is 0.478 e. The van der Waals surface area contributed by atoms with Crippen molar-refractivity contribution in [2.75, 3.05) is 35.8 Å². The predicted octanol–water partition coefficient (Wildman–Crippen LogP) is 3.65. The summed E-state index contributed by atoms with van der Waals surface area (Å²) in [6.45, 7) is 7.58. The number of anilines is 2. The van der Waals surface area contributed by atoms with E-state index < -0.39 is 16.0 Å². The lowest BCUT2D eigenvalue weighted by Gasteiger charge is -2.40. The van der Waals surface area contributed by atoms with Crippen molar-refractivity contribution in [1.82, 2.24) is 9.88 Å². The first-order chi connectivity index (χ1) is 15.7. The molecule has 4 rings (SSSR count). The van der Waals surface area contributed by atoms with Crippen LogP contribution in [-0.2, 0) is 10.0 Å². The fourth-order valence-electron chi connectivity index (χ4n) is 4.71. The van der Waals surface area contributed by atoms with E-state index in [0.717, 1.165) is 50.1 Å². The van der Waals surface area contributed by atoms with E-state index in [1.54, 1.807) is 18.2 Å². The minimum atomic E-state index is -3.90. The van der Waals surface area contributed by atoms with Gasteiger partial charge in [0.25, 0.3) is 10.0 Å². The number of carbonyl (C=O) groups is 1. The number of sulfonamides is 1. The first-order valence-corrected chi connectivity index (χ1v) is 13.1. The second kappa shape index (κ2) is 9.69. The van der Waals surface area contributed by atoms with Crippen molar-refractivity contribution in [3.8, 4) is 0 Å². The molecule has 178 valence electrons. The minimum Gasteiger partial charge on any atom is -0.478 e. The smallest absolute Gasteiger partial charge is 0.337 e. The minimum absolute atomic E-state index is 0.0558. The van der Waals surface area contributed by atoms with Gasteiger partial charge in [-0.1, -0.05) is 12.5 Å². The van der Waals surface area contributed by atoms with Crippen molar-refractivity contribution in [3.63, 3.8) is 0 Å². The number of nitrogens with one attached hydrogen (secondary N) is 1. The summed E-state index contributed by atoms with van der Waals surface area (Å²) in [6, 6.07) is 6.84. The third kappa shape index (κ3) is 5.30. The fourth-order valence-corrected chi connectivity index (χ4v) is 5.85. The summed E-state index contributed by atoms with van der Waals surface area (Å²) in [5.41, 5.74) is 2.01. The lowest BCUT2D eigenvalue weighted by atomic mass is 10.00. The molecule has 1 aromatic carbocycles. The third-order valence-electron chi connectivity index (χ3n) is 6.82. The van der Waals surface area contributed by atoms with Gasteiger partial charge in [-0.25, -0.2) is 18.2 Å². The number of aromatic nitrogens is 1. The first-order valence-electron chi connectivity index (χ1n) is 11.6. The molecule has 0 aliphatic carbocycles. The highest BCUT2D eigenvalue weighted by atomic mass is 32.2. The second-order valence-corrected chi connectivity index (χ2v) is 10.7. The van der Waals surface area contributed by atoms with E-state index in [1.165, 1.54) is 31.5 Å². The molecule has 3 heterocycles. The Labute approximate surface area is 195 Å². The molecule has 2 saturated heterocycles. The van der Waals surface area contributed by atoms with Gasteiger partial charge in [-0.3, -0.25) is 4.72 Å². The van der Waals surface area contributed by atoms with Crippen molar-refractivity contribution in [1.29, 1.82) is 0 Å². The van der Waals surface area contributed by atoms with Gasteiger partial charge in [-0.2, -0.15) is 0 Å². The van der Waals surface area contributed by atoms with E-state index in [4.69, 9.17) is 0 Å². The number of pyridine rings is 1. The number of piperidine rings is 2. The van der Waals surface area contributed by atoms with Crippen molar-refractivity contribution >= 4 is 27.5 Å². The summed E-state index contributed by atoms with van der Waals surface area (Å²) in [7, 11) is -3.90. The Kier molecular flexibility index (Phi) is 6.90. The van der Waals surface area contributed by atoms with Crippen LogP contribution < -0.4 is 9.62 Å². The molecule has 2 fully saturated rings. The zero-order valence-corrected chi connectivity index (χ0v) is 20.1. The molecular formula is C24H32N4O4S. The van der Waals surface area contributed by atoms with Gasteiger partial charge in [0.05, 0.1) is 16.1 Å². The van der Waals surface area contributed by atoms with Crippen LogP contribution in [0.3, 0.4) is 0 Å². The molecular weight excluding hydrogens is 440 g/mol. The van der Waals surface area contributed by atoms with E-state index >= 15 is 0 Å². The van der Waals surface area contributed by atoms with Crippen molar-refractivity contribution in [2.24, 2.45) is 0 Å². The zero-order valence-electron chi connectivity index (χ0n) is 19.2. The molecule has 0 saturated carbocycles. The Morgan fingerprint density at radius 1 is 1.03 bits per heavy atom. The number of likely N-dealkylation sites (tertiary alicyclic amines) is 1. The molecule has 0 unspecified atom stereocenters. The predicted molar refractivity (Wildman–Crippen MR) is 129 cm³/mol. The molecule has 0 atom stereocenters. The van der Waals surface area contributed by atoms with Crippen LogP contribution in [0.25, 0.3) is 0 Å². The number of hydrogen-bond donors (Lipinski definition) is 2. The monoisotopic (exact) mass is 472 g/mol. The van der Waals surface area contributed by atoms with E-state index in [2.05, 4.69) is 19.5 Å². The molecule has 8 nitrogen and oxygen atoms in total. The topological polar surface area (TPSA) is 103 Å². The fraction of sp³-hybridized carbons (Fsp3) is 0.500. The summed E-state index contributed by atoms with van der Waals surface area (Å²) < 4.78 is 28.9. The second-order valence-electron chi connectivity index (χ2n) is 9.07. The standard InChI is InChI=1S/C24H32N4O4S/c1-17-6-7-21(14-18(17)2)33(31,32)26-22-15-19(24(29)30)16-25-23(22)28-12-8-20(9-13-28)27-10-4-3-5-11-27/h6-7,14-16,20,26H,3-5,8-13H2,1-2H3,(H,29,30). The highest BCUT2D eigenvalue weighted by molar-refractivity contribution is 7.92. The Balaban J connectivity index is 1.58. The molecule has 0 amide bonds. The highest BCUT2D eigenvalue weighted by Crippen LogP contribution is 2.31. The Bertz CT molecular complexity index is 1120. The third-order valence-corrected chi connectivity index (χ3v) is 8.18. The molecule has 2 aliphatic rings. The van der Waals surface area contributed by atoms with Crippen LogP contribution in [0.4, 0.5) is 11.5 Å². The van der Waals surface area contributed by atoms with Crippen molar-refractivity contribution < 1.29 is 18.3 Å². The van der Waals surface area contributed by atoms with Gasteiger partial charge >= 0.3 is 5.97 Å². The van der Waals surface area contributed by atoms with Crippen LogP contribution in [0.5, 0.6) is 0 Å². The van der Waals surface area contributed by atoms with Crippen LogP contribution in [0.15, 0.2) is 35.4 Å². The van der Waals surface area contributed by atoms with Gasteiger partial charge < -0.3 is 14.9 Å². The summed E-state index contributed by atoms with van der Waals surface area (Å²) in [6.07, 6.45) is 7.06. The molecule has 0 spiro atoms. The molecule has 0 bridgehead atoms. The van der Waals surface area contributed by atoms with Gasteiger partial charge in [0, 0.05) is 25.3 Å². The number of carboxylic acid groups (broad SMARTS) is 1. The average molecular weight is 473 g/mol. The van der Waals surface area contributed by atoms with Gasteiger partial charge in [0.15, 0.2) is 5.82 Å². The maximum absolute atomic E-state index is 13.1. The number of aromatic carboxylic acids is 1. The summed E-state index contributed by atoms with van der Waals surface area (Å²) >= 11 is 0. The Morgan fingerprint density at radius 3 is 2.36 bits per heavy atom. The SMILES string of the molecule is Cc1ccc(S(=O)(=O)Nc2cc(C(=O)O)cnc2N2CCC(N3CCCCC3)CC2)cc1C. The van der Waals surface area contributed by atoms with E-state index in [1.807, 2.05) is 13.8 Å². The van der Waals surface area contributed by atoms with Crippen LogP contribution in [0.2, 0.25) is 0 Å². The van der Waals surface area contributed by atoms with Gasteiger partial charge in [-0.05, 0) is 81.9 Å². The molecule has 2 aliphatic heterocycles. The van der Waals surface area contributed by atoms with Crippen LogP contribution in [0, 0.1) is 13.8 Å². The van der Waals surface area contributed by atoms with Gasteiger partial charge in [0.2, 0.25) is 0 Å². The van der Waals surface area contributed by atoms with Crippen LogP contribution in [0.1, 0.15) is 53.6 Å². The average Bonchev–Trinajstić information content (AvgIpc) is 2.81. The number of rotatable bonds is 6. The maximum atomic E-state index is 13.1. The summed E-state index contributed by atoms with van der Waals surface area (Å²) in [4.78, 5) is 20.7.